The number of likely N-dealkylation sites (tertiary alicyclic amines) is 1. The Morgan fingerprint density at radius 2 is 1.77 bits per heavy atom. The van der Waals surface area contributed by atoms with Crippen molar-refractivity contribution >= 4 is 17.4 Å². The highest BCUT2D eigenvalue weighted by Crippen LogP contribution is 2.41. The number of carbonyl (C=O) groups excluding carboxylic acids is 2. The number of nitrogens with zero attached hydrogens (tertiary/aromatic N) is 2. The number of ketones is 1. The van der Waals surface area contributed by atoms with Crippen LogP contribution in [0.25, 0.3) is 5.76 Å². The molecular weight excluding hydrogens is 396 g/mol. The van der Waals surface area contributed by atoms with Crippen LogP contribution in [0.15, 0.2) is 54.1 Å². The van der Waals surface area contributed by atoms with E-state index in [9.17, 15) is 14.7 Å². The van der Waals surface area contributed by atoms with Crippen LogP contribution in [0.3, 0.4) is 0 Å². The number of amides is 1. The predicted octanol–water partition coefficient (Wildman–Crippen LogP) is 3.08. The molecule has 1 N–H and O–H groups in total. The van der Waals surface area contributed by atoms with Crippen molar-refractivity contribution in [2.75, 3.05) is 41.4 Å². The van der Waals surface area contributed by atoms with Crippen molar-refractivity contribution in [2.24, 2.45) is 0 Å². The van der Waals surface area contributed by atoms with Gasteiger partial charge in [-0.2, -0.15) is 0 Å². The van der Waals surface area contributed by atoms with Gasteiger partial charge in [0, 0.05) is 12.6 Å². The number of hydrogen-bond acceptors (Lipinski definition) is 6. The molecule has 0 saturated carbocycles. The lowest BCUT2D eigenvalue weighted by Gasteiger charge is -2.26. The van der Waals surface area contributed by atoms with Gasteiger partial charge in [-0.25, -0.2) is 0 Å². The average Bonchev–Trinajstić information content (AvgIpc) is 3.03. The van der Waals surface area contributed by atoms with Crippen LogP contribution in [0, 0.1) is 0 Å². The Morgan fingerprint density at radius 1 is 1.06 bits per heavy atom. The van der Waals surface area contributed by atoms with Crippen LogP contribution in [0.2, 0.25) is 0 Å². The van der Waals surface area contributed by atoms with Crippen molar-refractivity contribution in [2.45, 2.75) is 12.5 Å². The second-order valence-corrected chi connectivity index (χ2v) is 7.63. The molecule has 0 spiro atoms. The third kappa shape index (κ3) is 4.56. The standard InChI is InChI=1S/C24H28N2O5/c1-25(2)13-8-14-26-21(16-9-6-5-7-10-16)20(23(28)24(26)29)22(27)18-12-11-17(30-3)15-19(18)31-4/h5-7,9-12,15,21,27H,8,13-14H2,1-4H3/b22-20+. The molecule has 1 atom stereocenters. The number of benzene rings is 2. The molecule has 1 aliphatic heterocycles. The Labute approximate surface area is 182 Å². The number of Topliss-reactive ketones (excluding diaryl/α,β-unsaturated/α-hetero) is 1. The lowest BCUT2D eigenvalue weighted by molar-refractivity contribution is -0.139. The zero-order chi connectivity index (χ0) is 22.5. The first-order valence-corrected chi connectivity index (χ1v) is 10.1. The maximum Gasteiger partial charge on any atom is 0.295 e. The first-order chi connectivity index (χ1) is 14.9. The monoisotopic (exact) mass is 424 g/mol. The van der Waals surface area contributed by atoms with E-state index in [1.54, 1.807) is 23.1 Å². The summed E-state index contributed by atoms with van der Waals surface area (Å²) < 4.78 is 10.6. The van der Waals surface area contributed by atoms with Crippen LogP contribution in [0.1, 0.15) is 23.6 Å². The van der Waals surface area contributed by atoms with Crippen molar-refractivity contribution < 1.29 is 24.2 Å². The topological polar surface area (TPSA) is 79.3 Å². The molecule has 1 amide bonds. The molecule has 1 fully saturated rings. The molecular formula is C24H28N2O5. The van der Waals surface area contributed by atoms with Gasteiger partial charge in [-0.1, -0.05) is 30.3 Å². The number of methoxy groups -OCH3 is 2. The van der Waals surface area contributed by atoms with Crippen molar-refractivity contribution in [3.05, 3.63) is 65.2 Å². The van der Waals surface area contributed by atoms with Crippen LogP contribution in [0.5, 0.6) is 11.5 Å². The molecule has 0 radical (unpaired) electrons. The Kier molecular flexibility index (Phi) is 6.97. The zero-order valence-electron chi connectivity index (χ0n) is 18.3. The number of carbonyl (C=O) groups is 2. The van der Waals surface area contributed by atoms with Crippen LogP contribution >= 0.6 is 0 Å². The average molecular weight is 424 g/mol. The summed E-state index contributed by atoms with van der Waals surface area (Å²) >= 11 is 0. The van der Waals surface area contributed by atoms with E-state index in [1.165, 1.54) is 14.2 Å². The van der Waals surface area contributed by atoms with Crippen LogP contribution in [-0.2, 0) is 9.59 Å². The van der Waals surface area contributed by atoms with Gasteiger partial charge in [0.1, 0.15) is 17.3 Å². The fourth-order valence-corrected chi connectivity index (χ4v) is 3.79. The van der Waals surface area contributed by atoms with Crippen LogP contribution in [0.4, 0.5) is 0 Å². The van der Waals surface area contributed by atoms with Crippen molar-refractivity contribution in [1.29, 1.82) is 0 Å². The molecule has 2 aromatic rings. The zero-order valence-corrected chi connectivity index (χ0v) is 18.3. The van der Waals surface area contributed by atoms with Gasteiger partial charge in [-0.05, 0) is 44.8 Å². The SMILES string of the molecule is COc1ccc(/C(O)=C2\C(=O)C(=O)N(CCCN(C)C)C2c2ccccc2)c(OC)c1. The molecule has 7 nitrogen and oxygen atoms in total. The van der Waals surface area contributed by atoms with E-state index >= 15 is 0 Å². The van der Waals surface area contributed by atoms with Gasteiger partial charge in [0.15, 0.2) is 0 Å². The van der Waals surface area contributed by atoms with E-state index in [1.807, 2.05) is 49.3 Å². The minimum absolute atomic E-state index is 0.0597. The van der Waals surface area contributed by atoms with Crippen molar-refractivity contribution in [3.63, 3.8) is 0 Å². The number of rotatable bonds is 8. The van der Waals surface area contributed by atoms with Crippen molar-refractivity contribution in [3.8, 4) is 11.5 Å². The third-order valence-electron chi connectivity index (χ3n) is 5.32. The maximum atomic E-state index is 13.0. The van der Waals surface area contributed by atoms with Gasteiger partial charge < -0.3 is 24.4 Å². The molecule has 1 aliphatic rings. The highest BCUT2D eigenvalue weighted by atomic mass is 16.5. The summed E-state index contributed by atoms with van der Waals surface area (Å²) in [4.78, 5) is 29.5. The normalized spacial score (nSPS) is 18.0. The summed E-state index contributed by atoms with van der Waals surface area (Å²) in [6.07, 6.45) is 0.704. The molecule has 164 valence electrons. The summed E-state index contributed by atoms with van der Waals surface area (Å²) in [5.74, 6) is -0.669. The second-order valence-electron chi connectivity index (χ2n) is 7.63. The number of aliphatic hydroxyl groups excluding tert-OH is 1. The van der Waals surface area contributed by atoms with E-state index < -0.39 is 17.7 Å². The lowest BCUT2D eigenvalue weighted by Crippen LogP contribution is -2.32. The van der Waals surface area contributed by atoms with E-state index in [-0.39, 0.29) is 11.3 Å². The van der Waals surface area contributed by atoms with Gasteiger partial charge in [0.25, 0.3) is 11.7 Å². The third-order valence-corrected chi connectivity index (χ3v) is 5.32. The maximum absolute atomic E-state index is 13.0. The number of hydrogen-bond donors (Lipinski definition) is 1. The Hall–Kier alpha value is -3.32. The van der Waals surface area contributed by atoms with E-state index in [0.717, 1.165) is 12.1 Å². The van der Waals surface area contributed by atoms with Gasteiger partial charge in [0.05, 0.1) is 31.4 Å². The molecule has 0 aromatic heterocycles. The summed E-state index contributed by atoms with van der Waals surface area (Å²) in [7, 11) is 6.92. The van der Waals surface area contributed by atoms with Gasteiger partial charge >= 0.3 is 0 Å². The lowest BCUT2D eigenvalue weighted by atomic mass is 9.95. The largest absolute Gasteiger partial charge is 0.507 e. The quantitative estimate of drug-likeness (QED) is 0.399. The van der Waals surface area contributed by atoms with Gasteiger partial charge in [-0.15, -0.1) is 0 Å². The minimum Gasteiger partial charge on any atom is -0.507 e. The molecule has 1 heterocycles. The minimum atomic E-state index is -0.700. The molecule has 3 rings (SSSR count). The van der Waals surface area contributed by atoms with Gasteiger partial charge in [0.2, 0.25) is 0 Å². The molecule has 1 unspecified atom stereocenters. The van der Waals surface area contributed by atoms with Crippen LogP contribution < -0.4 is 9.47 Å². The predicted molar refractivity (Wildman–Crippen MR) is 118 cm³/mol. The fraction of sp³-hybridized carbons (Fsp3) is 0.333. The molecule has 1 saturated heterocycles. The highest BCUT2D eigenvalue weighted by Gasteiger charge is 2.46. The van der Waals surface area contributed by atoms with Crippen molar-refractivity contribution in [1.82, 2.24) is 9.80 Å². The summed E-state index contributed by atoms with van der Waals surface area (Å²) in [5.41, 5.74) is 1.15. The highest BCUT2D eigenvalue weighted by molar-refractivity contribution is 6.46. The summed E-state index contributed by atoms with van der Waals surface area (Å²) in [6, 6.07) is 13.5. The smallest absolute Gasteiger partial charge is 0.295 e. The molecule has 0 aliphatic carbocycles. The molecule has 2 aromatic carbocycles. The number of ether oxygens (including phenoxy) is 2. The van der Waals surface area contributed by atoms with E-state index in [0.29, 0.717) is 30.0 Å². The molecule has 7 heteroatoms. The van der Waals surface area contributed by atoms with E-state index in [4.69, 9.17) is 9.47 Å². The van der Waals surface area contributed by atoms with Crippen LogP contribution in [-0.4, -0.2) is 68.0 Å². The summed E-state index contributed by atoms with van der Waals surface area (Å²) in [6.45, 7) is 1.18. The Morgan fingerprint density at radius 3 is 2.39 bits per heavy atom. The second kappa shape index (κ2) is 9.66. The molecule has 31 heavy (non-hydrogen) atoms. The first kappa shape index (κ1) is 22.4. The first-order valence-electron chi connectivity index (χ1n) is 10.1. The number of aliphatic hydroxyl groups is 1. The fourth-order valence-electron chi connectivity index (χ4n) is 3.79. The Bertz CT molecular complexity index is 985. The molecule has 0 bridgehead atoms. The Balaban J connectivity index is 2.12. The van der Waals surface area contributed by atoms with E-state index in [2.05, 4.69) is 0 Å². The summed E-state index contributed by atoms with van der Waals surface area (Å²) in [5, 5.41) is 11.2. The van der Waals surface area contributed by atoms with Gasteiger partial charge in [-0.3, -0.25) is 9.59 Å².